The molecule has 0 aliphatic carbocycles. The summed E-state index contributed by atoms with van der Waals surface area (Å²) in [6, 6.07) is 8.52. The lowest BCUT2D eigenvalue weighted by Gasteiger charge is -2.12. The van der Waals surface area contributed by atoms with Gasteiger partial charge in [0, 0.05) is 12.5 Å². The van der Waals surface area contributed by atoms with Crippen LogP contribution in [-0.2, 0) is 16.0 Å². The van der Waals surface area contributed by atoms with Gasteiger partial charge in [-0.15, -0.1) is 0 Å². The molecule has 0 radical (unpaired) electrons. The Balaban J connectivity index is 2.31. The third kappa shape index (κ3) is 4.88. The number of hydrogen-bond donors (Lipinski definition) is 1. The van der Waals surface area contributed by atoms with Gasteiger partial charge in [-0.2, -0.15) is 0 Å². The Morgan fingerprint density at radius 3 is 2.50 bits per heavy atom. The van der Waals surface area contributed by atoms with Crippen molar-refractivity contribution < 1.29 is 9.53 Å². The van der Waals surface area contributed by atoms with Crippen molar-refractivity contribution >= 4 is 5.97 Å². The molecular weight excluding hydrogens is 226 g/mol. The van der Waals surface area contributed by atoms with E-state index in [4.69, 9.17) is 5.73 Å². The predicted molar refractivity (Wildman–Crippen MR) is 73.2 cm³/mol. The van der Waals surface area contributed by atoms with Crippen molar-refractivity contribution in [3.8, 4) is 0 Å². The van der Waals surface area contributed by atoms with Crippen LogP contribution in [0.4, 0.5) is 0 Å². The van der Waals surface area contributed by atoms with Crippen LogP contribution < -0.4 is 5.73 Å². The zero-order valence-electron chi connectivity index (χ0n) is 11.3. The van der Waals surface area contributed by atoms with Gasteiger partial charge in [0.2, 0.25) is 0 Å². The number of rotatable bonds is 7. The minimum Gasteiger partial charge on any atom is -0.469 e. The van der Waals surface area contributed by atoms with Gasteiger partial charge in [-0.3, -0.25) is 4.79 Å². The van der Waals surface area contributed by atoms with E-state index >= 15 is 0 Å². The number of nitrogens with two attached hydrogens (primary N) is 1. The number of hydrogen-bond acceptors (Lipinski definition) is 3. The molecular formula is C15H23NO2. The van der Waals surface area contributed by atoms with E-state index in [-0.39, 0.29) is 12.0 Å². The van der Waals surface area contributed by atoms with E-state index in [1.165, 1.54) is 18.2 Å². The zero-order chi connectivity index (χ0) is 13.4. The molecule has 0 aliphatic rings. The molecule has 2 N–H and O–H groups in total. The van der Waals surface area contributed by atoms with Crippen LogP contribution in [0.5, 0.6) is 0 Å². The number of ether oxygens (including phenoxy) is 1. The van der Waals surface area contributed by atoms with Gasteiger partial charge in [-0.05, 0) is 30.4 Å². The molecule has 0 heterocycles. The topological polar surface area (TPSA) is 52.3 Å². The normalized spacial score (nSPS) is 12.2. The van der Waals surface area contributed by atoms with Gasteiger partial charge >= 0.3 is 5.97 Å². The SMILES string of the molecule is CCc1ccc(C(N)CCCCC(=O)OC)cc1. The van der Waals surface area contributed by atoms with Crippen LogP contribution in [0.15, 0.2) is 24.3 Å². The molecule has 0 aliphatic heterocycles. The lowest BCUT2D eigenvalue weighted by atomic mass is 9.99. The van der Waals surface area contributed by atoms with Gasteiger partial charge in [0.1, 0.15) is 0 Å². The Morgan fingerprint density at radius 2 is 1.94 bits per heavy atom. The smallest absolute Gasteiger partial charge is 0.305 e. The number of aryl methyl sites for hydroxylation is 1. The first kappa shape index (κ1) is 14.7. The molecule has 0 fully saturated rings. The largest absolute Gasteiger partial charge is 0.469 e. The van der Waals surface area contributed by atoms with E-state index in [1.54, 1.807) is 0 Å². The van der Waals surface area contributed by atoms with Crippen LogP contribution in [0.1, 0.15) is 49.8 Å². The van der Waals surface area contributed by atoms with E-state index in [0.29, 0.717) is 6.42 Å². The van der Waals surface area contributed by atoms with E-state index < -0.39 is 0 Å². The van der Waals surface area contributed by atoms with E-state index in [1.807, 2.05) is 0 Å². The van der Waals surface area contributed by atoms with Crippen molar-refractivity contribution in [2.45, 2.75) is 45.1 Å². The quantitative estimate of drug-likeness (QED) is 0.597. The number of benzene rings is 1. The number of carbonyl (C=O) groups is 1. The zero-order valence-corrected chi connectivity index (χ0v) is 11.3. The molecule has 0 amide bonds. The molecule has 0 saturated carbocycles. The number of carbonyl (C=O) groups excluding carboxylic acids is 1. The van der Waals surface area contributed by atoms with Gasteiger partial charge in [0.05, 0.1) is 7.11 Å². The second kappa shape index (κ2) is 7.88. The highest BCUT2D eigenvalue weighted by atomic mass is 16.5. The molecule has 3 nitrogen and oxygen atoms in total. The summed E-state index contributed by atoms with van der Waals surface area (Å²) in [5.74, 6) is -0.143. The molecule has 1 unspecified atom stereocenters. The van der Waals surface area contributed by atoms with E-state index in [9.17, 15) is 4.79 Å². The van der Waals surface area contributed by atoms with Crippen LogP contribution >= 0.6 is 0 Å². The first-order valence-electron chi connectivity index (χ1n) is 6.58. The van der Waals surface area contributed by atoms with Crippen molar-refractivity contribution in [3.05, 3.63) is 35.4 Å². The molecule has 0 aromatic heterocycles. The molecule has 1 rings (SSSR count). The predicted octanol–water partition coefficient (Wildman–Crippen LogP) is 2.98. The van der Waals surface area contributed by atoms with Crippen molar-refractivity contribution in [1.82, 2.24) is 0 Å². The lowest BCUT2D eigenvalue weighted by molar-refractivity contribution is -0.140. The summed E-state index contributed by atoms with van der Waals surface area (Å²) in [4.78, 5) is 10.9. The number of methoxy groups -OCH3 is 1. The Kier molecular flexibility index (Phi) is 6.44. The highest BCUT2D eigenvalue weighted by molar-refractivity contribution is 5.68. The highest BCUT2D eigenvalue weighted by Gasteiger charge is 2.06. The maximum atomic E-state index is 10.9. The minimum atomic E-state index is -0.143. The monoisotopic (exact) mass is 249 g/mol. The van der Waals surface area contributed by atoms with Crippen LogP contribution in [0.3, 0.4) is 0 Å². The fraction of sp³-hybridized carbons (Fsp3) is 0.533. The Morgan fingerprint density at radius 1 is 1.28 bits per heavy atom. The molecule has 1 aromatic carbocycles. The standard InChI is InChI=1S/C15H23NO2/c1-3-12-8-10-13(11-9-12)14(16)6-4-5-7-15(17)18-2/h8-11,14H,3-7,16H2,1-2H3. The summed E-state index contributed by atoms with van der Waals surface area (Å²) in [7, 11) is 1.42. The molecule has 0 spiro atoms. The van der Waals surface area contributed by atoms with Crippen LogP contribution in [0.2, 0.25) is 0 Å². The van der Waals surface area contributed by atoms with Gasteiger partial charge in [0.15, 0.2) is 0 Å². The third-order valence-corrected chi connectivity index (χ3v) is 3.19. The lowest BCUT2D eigenvalue weighted by Crippen LogP contribution is -2.10. The Hall–Kier alpha value is -1.35. The van der Waals surface area contributed by atoms with Crippen molar-refractivity contribution in [2.24, 2.45) is 5.73 Å². The van der Waals surface area contributed by atoms with Crippen LogP contribution in [-0.4, -0.2) is 13.1 Å². The maximum Gasteiger partial charge on any atom is 0.305 e. The van der Waals surface area contributed by atoms with Gasteiger partial charge in [0.25, 0.3) is 0 Å². The van der Waals surface area contributed by atoms with Crippen molar-refractivity contribution in [1.29, 1.82) is 0 Å². The summed E-state index contributed by atoms with van der Waals surface area (Å²) < 4.78 is 4.60. The second-order valence-corrected chi connectivity index (χ2v) is 4.52. The molecule has 0 bridgehead atoms. The molecule has 100 valence electrons. The van der Waals surface area contributed by atoms with E-state index in [2.05, 4.69) is 35.9 Å². The Labute approximate surface area is 109 Å². The minimum absolute atomic E-state index is 0.0635. The van der Waals surface area contributed by atoms with Gasteiger partial charge < -0.3 is 10.5 Å². The maximum absolute atomic E-state index is 10.9. The summed E-state index contributed by atoms with van der Waals surface area (Å²) in [6.07, 6.45) is 4.23. The van der Waals surface area contributed by atoms with Crippen molar-refractivity contribution in [3.63, 3.8) is 0 Å². The average molecular weight is 249 g/mol. The van der Waals surface area contributed by atoms with Gasteiger partial charge in [-0.1, -0.05) is 37.6 Å². The Bertz CT molecular complexity index is 359. The molecule has 0 saturated heterocycles. The molecule has 3 heteroatoms. The van der Waals surface area contributed by atoms with E-state index in [0.717, 1.165) is 25.7 Å². The fourth-order valence-corrected chi connectivity index (χ4v) is 1.90. The first-order chi connectivity index (χ1) is 8.67. The molecule has 1 aromatic rings. The third-order valence-electron chi connectivity index (χ3n) is 3.19. The van der Waals surface area contributed by atoms with Crippen LogP contribution in [0.25, 0.3) is 0 Å². The number of unbranched alkanes of at least 4 members (excludes halogenated alkanes) is 1. The summed E-state index contributed by atoms with van der Waals surface area (Å²) in [5.41, 5.74) is 8.62. The van der Waals surface area contributed by atoms with Crippen LogP contribution in [0, 0.1) is 0 Å². The highest BCUT2D eigenvalue weighted by Crippen LogP contribution is 2.18. The molecule has 18 heavy (non-hydrogen) atoms. The summed E-state index contributed by atoms with van der Waals surface area (Å²) in [5, 5.41) is 0. The number of esters is 1. The first-order valence-corrected chi connectivity index (χ1v) is 6.58. The summed E-state index contributed by atoms with van der Waals surface area (Å²) >= 11 is 0. The summed E-state index contributed by atoms with van der Waals surface area (Å²) in [6.45, 7) is 2.14. The second-order valence-electron chi connectivity index (χ2n) is 4.52. The fourth-order valence-electron chi connectivity index (χ4n) is 1.90. The molecule has 1 atom stereocenters. The van der Waals surface area contributed by atoms with Gasteiger partial charge in [-0.25, -0.2) is 0 Å². The van der Waals surface area contributed by atoms with Crippen molar-refractivity contribution in [2.75, 3.05) is 7.11 Å². The average Bonchev–Trinajstić information content (AvgIpc) is 2.43.